The van der Waals surface area contributed by atoms with Crippen LogP contribution in [0.5, 0.6) is 0 Å². The summed E-state index contributed by atoms with van der Waals surface area (Å²) in [5, 5.41) is 0.831. The standard InChI is InChI=1S/C18H17NO2S/c1-2-14(13-8-4-3-5-9-13)18(20)21-12-17-19-15-10-6-7-11-16(15)22-17/h3-11,14H,2,12H2,1H3/t14-/m0/s1. The number of hydrogen-bond donors (Lipinski definition) is 0. The maximum Gasteiger partial charge on any atom is 0.313 e. The summed E-state index contributed by atoms with van der Waals surface area (Å²) in [7, 11) is 0. The van der Waals surface area contributed by atoms with Crippen LogP contribution in [0, 0.1) is 0 Å². The lowest BCUT2D eigenvalue weighted by molar-refractivity contribution is -0.146. The molecule has 0 aliphatic rings. The van der Waals surface area contributed by atoms with E-state index < -0.39 is 0 Å². The molecule has 1 heterocycles. The molecule has 0 saturated carbocycles. The van der Waals surface area contributed by atoms with Gasteiger partial charge in [0.1, 0.15) is 11.6 Å². The van der Waals surface area contributed by atoms with Crippen LogP contribution >= 0.6 is 11.3 Å². The van der Waals surface area contributed by atoms with Gasteiger partial charge in [-0.15, -0.1) is 11.3 Å². The number of aromatic nitrogens is 1. The Hall–Kier alpha value is -2.20. The van der Waals surface area contributed by atoms with Crippen molar-refractivity contribution in [3.63, 3.8) is 0 Å². The Morgan fingerprint density at radius 1 is 1.14 bits per heavy atom. The Bertz CT molecular complexity index is 734. The highest BCUT2D eigenvalue weighted by Gasteiger charge is 2.20. The molecule has 0 aliphatic carbocycles. The van der Waals surface area contributed by atoms with Crippen molar-refractivity contribution in [2.24, 2.45) is 0 Å². The predicted octanol–water partition coefficient (Wildman–Crippen LogP) is 4.53. The summed E-state index contributed by atoms with van der Waals surface area (Å²) in [6.45, 7) is 2.23. The quantitative estimate of drug-likeness (QED) is 0.650. The van der Waals surface area contributed by atoms with Crippen LogP contribution in [0.2, 0.25) is 0 Å². The number of carbonyl (C=O) groups is 1. The zero-order valence-corrected chi connectivity index (χ0v) is 13.2. The third-order valence-corrected chi connectivity index (χ3v) is 4.58. The average molecular weight is 311 g/mol. The normalized spacial score (nSPS) is 12.2. The van der Waals surface area contributed by atoms with Crippen LogP contribution in [0.25, 0.3) is 10.2 Å². The van der Waals surface area contributed by atoms with Gasteiger partial charge in [-0.05, 0) is 24.1 Å². The Labute approximate surface area is 133 Å². The lowest BCUT2D eigenvalue weighted by Crippen LogP contribution is -2.15. The molecule has 0 saturated heterocycles. The van der Waals surface area contributed by atoms with Crippen LogP contribution in [-0.2, 0) is 16.1 Å². The molecule has 112 valence electrons. The highest BCUT2D eigenvalue weighted by molar-refractivity contribution is 7.18. The molecule has 0 unspecified atom stereocenters. The van der Waals surface area contributed by atoms with Crippen LogP contribution < -0.4 is 0 Å². The molecular formula is C18H17NO2S. The van der Waals surface area contributed by atoms with Gasteiger partial charge in [0.25, 0.3) is 0 Å². The number of esters is 1. The van der Waals surface area contributed by atoms with Gasteiger partial charge in [-0.1, -0.05) is 49.4 Å². The van der Waals surface area contributed by atoms with Crippen LogP contribution in [0.1, 0.15) is 29.8 Å². The minimum Gasteiger partial charge on any atom is -0.458 e. The highest BCUT2D eigenvalue weighted by Crippen LogP contribution is 2.24. The van der Waals surface area contributed by atoms with Gasteiger partial charge in [-0.25, -0.2) is 4.98 Å². The largest absolute Gasteiger partial charge is 0.458 e. The zero-order chi connectivity index (χ0) is 15.4. The fraction of sp³-hybridized carbons (Fsp3) is 0.222. The van der Waals surface area contributed by atoms with E-state index in [1.807, 2.05) is 61.5 Å². The summed E-state index contributed by atoms with van der Waals surface area (Å²) in [6, 6.07) is 17.7. The van der Waals surface area contributed by atoms with Gasteiger partial charge < -0.3 is 4.74 Å². The molecule has 22 heavy (non-hydrogen) atoms. The zero-order valence-electron chi connectivity index (χ0n) is 12.4. The Morgan fingerprint density at radius 2 is 1.86 bits per heavy atom. The molecule has 0 amide bonds. The van der Waals surface area contributed by atoms with Crippen molar-refractivity contribution in [3.8, 4) is 0 Å². The predicted molar refractivity (Wildman–Crippen MR) is 88.9 cm³/mol. The molecular weight excluding hydrogens is 294 g/mol. The summed E-state index contributed by atoms with van der Waals surface area (Å²) in [4.78, 5) is 16.8. The summed E-state index contributed by atoms with van der Waals surface area (Å²) >= 11 is 1.57. The maximum atomic E-state index is 12.3. The third-order valence-electron chi connectivity index (χ3n) is 3.57. The summed E-state index contributed by atoms with van der Waals surface area (Å²) < 4.78 is 6.59. The number of nitrogens with zero attached hydrogens (tertiary/aromatic N) is 1. The van der Waals surface area contributed by atoms with E-state index in [4.69, 9.17) is 4.74 Å². The van der Waals surface area contributed by atoms with E-state index in [1.54, 1.807) is 11.3 Å². The number of carbonyl (C=O) groups excluding carboxylic acids is 1. The molecule has 3 nitrogen and oxygen atoms in total. The Balaban J connectivity index is 1.68. The van der Waals surface area contributed by atoms with Crippen LogP contribution in [0.15, 0.2) is 54.6 Å². The fourth-order valence-corrected chi connectivity index (χ4v) is 3.32. The number of thiazole rings is 1. The summed E-state index contributed by atoms with van der Waals surface area (Å²) in [6.07, 6.45) is 0.725. The molecule has 3 rings (SSSR count). The smallest absolute Gasteiger partial charge is 0.313 e. The van der Waals surface area contributed by atoms with Gasteiger partial charge in [0.2, 0.25) is 0 Å². The van der Waals surface area contributed by atoms with Gasteiger partial charge in [0, 0.05) is 0 Å². The first-order valence-corrected chi connectivity index (χ1v) is 8.15. The number of rotatable bonds is 5. The molecule has 0 bridgehead atoms. The van der Waals surface area contributed by atoms with Gasteiger partial charge in [-0.3, -0.25) is 4.79 Å². The number of para-hydroxylation sites is 1. The first-order chi connectivity index (χ1) is 10.8. The lowest BCUT2D eigenvalue weighted by Gasteiger charge is -2.13. The van der Waals surface area contributed by atoms with Crippen LogP contribution in [0.3, 0.4) is 0 Å². The molecule has 1 atom stereocenters. The van der Waals surface area contributed by atoms with E-state index in [1.165, 1.54) is 0 Å². The molecule has 2 aromatic carbocycles. The Kier molecular flexibility index (Phi) is 4.49. The van der Waals surface area contributed by atoms with Crippen molar-refractivity contribution in [2.45, 2.75) is 25.9 Å². The van der Waals surface area contributed by atoms with Gasteiger partial charge >= 0.3 is 5.97 Å². The third kappa shape index (κ3) is 3.17. The van der Waals surface area contributed by atoms with E-state index in [0.717, 1.165) is 27.2 Å². The van der Waals surface area contributed by atoms with Gasteiger partial charge in [0.15, 0.2) is 0 Å². The molecule has 0 N–H and O–H groups in total. The van der Waals surface area contributed by atoms with Gasteiger partial charge in [0.05, 0.1) is 16.1 Å². The minimum atomic E-state index is -0.212. The second-order valence-electron chi connectivity index (χ2n) is 5.05. The van der Waals surface area contributed by atoms with E-state index >= 15 is 0 Å². The van der Waals surface area contributed by atoms with Gasteiger partial charge in [-0.2, -0.15) is 0 Å². The second-order valence-corrected chi connectivity index (χ2v) is 6.17. The molecule has 0 radical (unpaired) electrons. The molecule has 3 aromatic rings. The first kappa shape index (κ1) is 14.7. The van der Waals surface area contributed by atoms with Crippen molar-refractivity contribution in [1.29, 1.82) is 0 Å². The second kappa shape index (κ2) is 6.71. The summed E-state index contributed by atoms with van der Waals surface area (Å²) in [5.74, 6) is -0.400. The maximum absolute atomic E-state index is 12.3. The SMILES string of the molecule is CC[C@H](C(=O)OCc1nc2ccccc2s1)c1ccccc1. The molecule has 0 fully saturated rings. The minimum absolute atomic E-state index is 0.187. The topological polar surface area (TPSA) is 39.2 Å². The van der Waals surface area contributed by atoms with E-state index in [2.05, 4.69) is 4.98 Å². The summed E-state index contributed by atoms with van der Waals surface area (Å²) in [5.41, 5.74) is 1.95. The van der Waals surface area contributed by atoms with Crippen molar-refractivity contribution in [2.75, 3.05) is 0 Å². The number of ether oxygens (including phenoxy) is 1. The van der Waals surface area contributed by atoms with Crippen molar-refractivity contribution < 1.29 is 9.53 Å². The lowest BCUT2D eigenvalue weighted by atomic mass is 9.97. The highest BCUT2D eigenvalue weighted by atomic mass is 32.1. The van der Waals surface area contributed by atoms with E-state index in [-0.39, 0.29) is 18.5 Å². The average Bonchev–Trinajstić information content (AvgIpc) is 2.97. The first-order valence-electron chi connectivity index (χ1n) is 7.34. The van der Waals surface area contributed by atoms with Crippen LogP contribution in [-0.4, -0.2) is 11.0 Å². The van der Waals surface area contributed by atoms with E-state index in [9.17, 15) is 4.79 Å². The number of hydrogen-bond acceptors (Lipinski definition) is 4. The Morgan fingerprint density at radius 3 is 2.59 bits per heavy atom. The van der Waals surface area contributed by atoms with Crippen molar-refractivity contribution in [1.82, 2.24) is 4.98 Å². The number of benzene rings is 2. The van der Waals surface area contributed by atoms with Crippen molar-refractivity contribution in [3.05, 3.63) is 65.2 Å². The molecule has 1 aromatic heterocycles. The molecule has 0 spiro atoms. The van der Waals surface area contributed by atoms with Crippen molar-refractivity contribution >= 4 is 27.5 Å². The fourth-order valence-electron chi connectivity index (χ4n) is 2.44. The van der Waals surface area contributed by atoms with Crippen LogP contribution in [0.4, 0.5) is 0 Å². The number of fused-ring (bicyclic) bond motifs is 1. The monoisotopic (exact) mass is 311 g/mol. The molecule has 4 heteroatoms. The molecule has 0 aliphatic heterocycles. The van der Waals surface area contributed by atoms with E-state index in [0.29, 0.717) is 0 Å².